The van der Waals surface area contributed by atoms with Gasteiger partial charge in [0.15, 0.2) is 0 Å². The average Bonchev–Trinajstić information content (AvgIpc) is 2.37. The van der Waals surface area contributed by atoms with Crippen LogP contribution >= 0.6 is 27.5 Å². The van der Waals surface area contributed by atoms with Crippen LogP contribution in [0.25, 0.3) is 0 Å². The minimum Gasteiger partial charge on any atom is -0.496 e. The number of rotatable bonds is 4. The van der Waals surface area contributed by atoms with Crippen molar-refractivity contribution >= 4 is 33.2 Å². The maximum Gasteiger partial charge on any atom is 0.125 e. The molecule has 0 aliphatic carbocycles. The third-order valence-electron chi connectivity index (χ3n) is 2.90. The van der Waals surface area contributed by atoms with Crippen LogP contribution in [0, 0.1) is 12.7 Å². The molecule has 2 aromatic rings. The van der Waals surface area contributed by atoms with E-state index in [-0.39, 0.29) is 5.82 Å². The Labute approximate surface area is 131 Å². The molecule has 2 rings (SSSR count). The lowest BCUT2D eigenvalue weighted by atomic mass is 10.1. The van der Waals surface area contributed by atoms with Crippen molar-refractivity contribution in [3.05, 3.63) is 56.8 Å². The van der Waals surface area contributed by atoms with Gasteiger partial charge in [-0.1, -0.05) is 29.3 Å². The Morgan fingerprint density at radius 2 is 2.05 bits per heavy atom. The van der Waals surface area contributed by atoms with Crippen LogP contribution in [0.5, 0.6) is 5.75 Å². The van der Waals surface area contributed by atoms with Gasteiger partial charge in [-0.3, -0.25) is 0 Å². The van der Waals surface area contributed by atoms with Crippen LogP contribution in [-0.4, -0.2) is 7.11 Å². The number of aryl methyl sites for hydroxylation is 1. The van der Waals surface area contributed by atoms with Gasteiger partial charge in [0.2, 0.25) is 0 Å². The standard InChI is InChI=1S/C15H14BrClFNO/c1-9-3-4-14(20-2)10(5-9)8-19-15-12(16)6-11(18)7-13(15)17/h3-7,19H,8H2,1-2H3. The largest absolute Gasteiger partial charge is 0.496 e. The van der Waals surface area contributed by atoms with Crippen LogP contribution in [0.4, 0.5) is 10.1 Å². The van der Waals surface area contributed by atoms with E-state index in [9.17, 15) is 4.39 Å². The number of anilines is 1. The van der Waals surface area contributed by atoms with Crippen LogP contribution < -0.4 is 10.1 Å². The molecule has 0 aliphatic heterocycles. The fraction of sp³-hybridized carbons (Fsp3) is 0.200. The minimum absolute atomic E-state index is 0.337. The maximum absolute atomic E-state index is 13.2. The van der Waals surface area contributed by atoms with E-state index < -0.39 is 0 Å². The summed E-state index contributed by atoms with van der Waals surface area (Å²) in [7, 11) is 1.63. The number of hydrogen-bond acceptors (Lipinski definition) is 2. The number of hydrogen-bond donors (Lipinski definition) is 1. The van der Waals surface area contributed by atoms with E-state index in [0.29, 0.717) is 21.7 Å². The molecule has 0 unspecified atom stereocenters. The molecule has 1 N–H and O–H groups in total. The molecule has 5 heteroatoms. The minimum atomic E-state index is -0.374. The van der Waals surface area contributed by atoms with Gasteiger partial charge in [0.1, 0.15) is 11.6 Å². The highest BCUT2D eigenvalue weighted by Crippen LogP contribution is 2.32. The van der Waals surface area contributed by atoms with Gasteiger partial charge < -0.3 is 10.1 Å². The summed E-state index contributed by atoms with van der Waals surface area (Å²) in [5, 5.41) is 3.54. The van der Waals surface area contributed by atoms with E-state index in [4.69, 9.17) is 16.3 Å². The number of halogens is 3. The summed E-state index contributed by atoms with van der Waals surface area (Å²) in [5.74, 6) is 0.429. The van der Waals surface area contributed by atoms with Gasteiger partial charge in [0.25, 0.3) is 0 Å². The number of nitrogens with one attached hydrogen (secondary N) is 1. The highest BCUT2D eigenvalue weighted by atomic mass is 79.9. The molecule has 0 saturated heterocycles. The summed E-state index contributed by atoms with van der Waals surface area (Å²) in [6.07, 6.45) is 0. The van der Waals surface area contributed by atoms with E-state index in [0.717, 1.165) is 16.9 Å². The second-order valence-electron chi connectivity index (χ2n) is 4.41. The van der Waals surface area contributed by atoms with Crippen molar-refractivity contribution in [2.45, 2.75) is 13.5 Å². The predicted octanol–water partition coefficient (Wildman–Crippen LogP) is 5.17. The molecule has 2 aromatic carbocycles. The van der Waals surface area contributed by atoms with E-state index in [2.05, 4.69) is 21.2 Å². The van der Waals surface area contributed by atoms with Gasteiger partial charge in [-0.25, -0.2) is 4.39 Å². The third kappa shape index (κ3) is 3.44. The first-order valence-corrected chi connectivity index (χ1v) is 7.20. The Balaban J connectivity index is 2.23. The molecule has 106 valence electrons. The van der Waals surface area contributed by atoms with Crippen molar-refractivity contribution in [1.82, 2.24) is 0 Å². The fourth-order valence-corrected chi connectivity index (χ4v) is 2.90. The zero-order chi connectivity index (χ0) is 14.7. The van der Waals surface area contributed by atoms with Gasteiger partial charge in [0.05, 0.1) is 17.8 Å². The van der Waals surface area contributed by atoms with Crippen molar-refractivity contribution in [2.75, 3.05) is 12.4 Å². The quantitative estimate of drug-likeness (QED) is 0.814. The highest BCUT2D eigenvalue weighted by molar-refractivity contribution is 9.10. The summed E-state index contributed by atoms with van der Waals surface area (Å²) in [4.78, 5) is 0. The summed E-state index contributed by atoms with van der Waals surface area (Å²) in [5.41, 5.74) is 2.82. The summed E-state index contributed by atoms with van der Waals surface area (Å²) >= 11 is 9.35. The van der Waals surface area contributed by atoms with Crippen molar-refractivity contribution in [3.63, 3.8) is 0 Å². The van der Waals surface area contributed by atoms with Crippen LogP contribution in [0.2, 0.25) is 5.02 Å². The lowest BCUT2D eigenvalue weighted by molar-refractivity contribution is 0.410. The molecule has 0 aliphatic rings. The molecule has 0 spiro atoms. The van der Waals surface area contributed by atoms with E-state index >= 15 is 0 Å². The molecule has 0 fully saturated rings. The summed E-state index contributed by atoms with van der Waals surface area (Å²) in [6.45, 7) is 2.55. The third-order valence-corrected chi connectivity index (χ3v) is 3.82. The first-order valence-electron chi connectivity index (χ1n) is 6.03. The highest BCUT2D eigenvalue weighted by Gasteiger charge is 2.09. The maximum atomic E-state index is 13.2. The second kappa shape index (κ2) is 6.46. The zero-order valence-corrected chi connectivity index (χ0v) is 13.5. The molecule has 2 nitrogen and oxygen atoms in total. The monoisotopic (exact) mass is 357 g/mol. The second-order valence-corrected chi connectivity index (χ2v) is 5.67. The topological polar surface area (TPSA) is 21.3 Å². The van der Waals surface area contributed by atoms with Gasteiger partial charge in [-0.05, 0) is 41.1 Å². The Morgan fingerprint density at radius 3 is 2.70 bits per heavy atom. The molecule has 0 aromatic heterocycles. The Hall–Kier alpha value is -1.26. The van der Waals surface area contributed by atoms with Crippen molar-refractivity contribution in [1.29, 1.82) is 0 Å². The van der Waals surface area contributed by atoms with Crippen molar-refractivity contribution in [2.24, 2.45) is 0 Å². The zero-order valence-electron chi connectivity index (χ0n) is 11.1. The van der Waals surface area contributed by atoms with Gasteiger partial charge in [-0.2, -0.15) is 0 Å². The molecule has 0 bridgehead atoms. The first kappa shape index (κ1) is 15.1. The molecular formula is C15H14BrClFNO. The van der Waals surface area contributed by atoms with Crippen LogP contribution in [-0.2, 0) is 6.54 Å². The van der Waals surface area contributed by atoms with Gasteiger partial charge >= 0.3 is 0 Å². The smallest absolute Gasteiger partial charge is 0.125 e. The molecule has 0 saturated carbocycles. The van der Waals surface area contributed by atoms with Crippen LogP contribution in [0.3, 0.4) is 0 Å². The van der Waals surface area contributed by atoms with Crippen LogP contribution in [0.1, 0.15) is 11.1 Å². The molecule has 0 heterocycles. The van der Waals surface area contributed by atoms with E-state index in [1.807, 2.05) is 25.1 Å². The summed E-state index contributed by atoms with van der Waals surface area (Å²) < 4.78 is 19.1. The van der Waals surface area contributed by atoms with Crippen molar-refractivity contribution in [3.8, 4) is 5.75 Å². The molecule has 0 radical (unpaired) electrons. The number of benzene rings is 2. The molecule has 20 heavy (non-hydrogen) atoms. The first-order chi connectivity index (χ1) is 9.51. The Morgan fingerprint density at radius 1 is 1.30 bits per heavy atom. The molecule has 0 amide bonds. The van der Waals surface area contributed by atoms with E-state index in [1.165, 1.54) is 12.1 Å². The number of ether oxygens (including phenoxy) is 1. The van der Waals surface area contributed by atoms with Gasteiger partial charge in [-0.15, -0.1) is 0 Å². The lowest BCUT2D eigenvalue weighted by Gasteiger charge is -2.14. The Kier molecular flexibility index (Phi) is 4.89. The van der Waals surface area contributed by atoms with Crippen LogP contribution in [0.15, 0.2) is 34.8 Å². The predicted molar refractivity (Wildman–Crippen MR) is 84.2 cm³/mol. The average molecular weight is 359 g/mol. The van der Waals surface area contributed by atoms with Crippen molar-refractivity contribution < 1.29 is 9.13 Å². The Bertz CT molecular complexity index is 610. The SMILES string of the molecule is COc1ccc(C)cc1CNc1c(Cl)cc(F)cc1Br. The fourth-order valence-electron chi connectivity index (χ4n) is 1.94. The number of methoxy groups -OCH3 is 1. The molecular weight excluding hydrogens is 345 g/mol. The van der Waals surface area contributed by atoms with E-state index in [1.54, 1.807) is 7.11 Å². The molecule has 0 atom stereocenters. The normalized spacial score (nSPS) is 10.4. The van der Waals surface area contributed by atoms with Gasteiger partial charge in [0, 0.05) is 16.6 Å². The lowest BCUT2D eigenvalue weighted by Crippen LogP contribution is -2.03. The summed E-state index contributed by atoms with van der Waals surface area (Å²) in [6, 6.07) is 8.61.